The summed E-state index contributed by atoms with van der Waals surface area (Å²) in [6, 6.07) is 5.40. The van der Waals surface area contributed by atoms with E-state index in [-0.39, 0.29) is 5.91 Å². The molecule has 1 aliphatic rings. The molecule has 0 fully saturated rings. The number of aryl methyl sites for hydroxylation is 1. The quantitative estimate of drug-likeness (QED) is 0.752. The van der Waals surface area contributed by atoms with Crippen LogP contribution in [0.25, 0.3) is 0 Å². The molecule has 1 aliphatic heterocycles. The molecule has 0 bridgehead atoms. The van der Waals surface area contributed by atoms with Gasteiger partial charge in [0.15, 0.2) is 5.16 Å². The fraction of sp³-hybridized carbons (Fsp3) is 0.471. The van der Waals surface area contributed by atoms with Crippen LogP contribution in [0.4, 0.5) is 0 Å². The zero-order valence-electron chi connectivity index (χ0n) is 13.8. The molecule has 0 radical (unpaired) electrons. The summed E-state index contributed by atoms with van der Waals surface area (Å²) in [6.45, 7) is 1.49. The number of amides is 1. The molecule has 134 valence electrons. The highest BCUT2D eigenvalue weighted by Crippen LogP contribution is 2.22. The molecule has 2 heterocycles. The fourth-order valence-electron chi connectivity index (χ4n) is 2.81. The summed E-state index contributed by atoms with van der Waals surface area (Å²) in [6.07, 6.45) is 5.18. The molecule has 0 unspecified atom stereocenters. The standard InChI is InChI=1S/C17H20Cl2N4OS/c18-13-6-5-12(14(19)10-13)7-8-20-16(24)11-25-17-22-21-15-4-2-1-3-9-23(15)17/h5-6,10H,1-4,7-9,11H2,(H,20,24). The monoisotopic (exact) mass is 398 g/mol. The van der Waals surface area contributed by atoms with Gasteiger partial charge >= 0.3 is 0 Å². The number of aromatic nitrogens is 3. The molecule has 1 aromatic carbocycles. The number of hydrogen-bond acceptors (Lipinski definition) is 4. The van der Waals surface area contributed by atoms with Crippen molar-refractivity contribution in [3.05, 3.63) is 39.6 Å². The average molecular weight is 399 g/mol. The van der Waals surface area contributed by atoms with E-state index in [1.807, 2.05) is 6.07 Å². The predicted octanol–water partition coefficient (Wildman–Crippen LogP) is 3.76. The molecule has 1 amide bonds. The maximum atomic E-state index is 12.1. The van der Waals surface area contributed by atoms with Crippen molar-refractivity contribution in [2.45, 2.75) is 43.8 Å². The largest absolute Gasteiger partial charge is 0.355 e. The van der Waals surface area contributed by atoms with E-state index in [2.05, 4.69) is 20.1 Å². The Hall–Kier alpha value is -1.24. The topological polar surface area (TPSA) is 59.8 Å². The van der Waals surface area contributed by atoms with Crippen LogP contribution < -0.4 is 5.32 Å². The molecule has 1 N–H and O–H groups in total. The van der Waals surface area contributed by atoms with E-state index in [0.29, 0.717) is 28.8 Å². The van der Waals surface area contributed by atoms with Crippen LogP contribution in [0, 0.1) is 0 Å². The van der Waals surface area contributed by atoms with Crippen molar-refractivity contribution >= 4 is 40.9 Å². The average Bonchev–Trinajstić information content (AvgIpc) is 2.81. The number of nitrogens with one attached hydrogen (secondary N) is 1. The number of rotatable bonds is 6. The molecule has 5 nitrogen and oxygen atoms in total. The van der Waals surface area contributed by atoms with Crippen molar-refractivity contribution in [2.75, 3.05) is 12.3 Å². The first-order valence-corrected chi connectivity index (χ1v) is 10.1. The fourth-order valence-corrected chi connectivity index (χ4v) is 4.12. The van der Waals surface area contributed by atoms with Crippen LogP contribution in [0.3, 0.4) is 0 Å². The summed E-state index contributed by atoms with van der Waals surface area (Å²) in [7, 11) is 0. The smallest absolute Gasteiger partial charge is 0.230 e. The molecule has 0 atom stereocenters. The van der Waals surface area contributed by atoms with Gasteiger partial charge in [-0.2, -0.15) is 0 Å². The van der Waals surface area contributed by atoms with E-state index in [0.717, 1.165) is 42.4 Å². The van der Waals surface area contributed by atoms with Crippen LogP contribution in [0.1, 0.15) is 30.7 Å². The van der Waals surface area contributed by atoms with Crippen molar-refractivity contribution in [3.63, 3.8) is 0 Å². The number of halogens is 2. The molecular weight excluding hydrogens is 379 g/mol. The van der Waals surface area contributed by atoms with Crippen molar-refractivity contribution in [2.24, 2.45) is 0 Å². The van der Waals surface area contributed by atoms with Gasteiger partial charge in [0.1, 0.15) is 5.82 Å². The molecule has 25 heavy (non-hydrogen) atoms. The Labute approximate surface area is 161 Å². The van der Waals surface area contributed by atoms with Crippen LogP contribution in [-0.4, -0.2) is 33.0 Å². The highest BCUT2D eigenvalue weighted by molar-refractivity contribution is 7.99. The normalized spacial score (nSPS) is 14.0. The zero-order valence-corrected chi connectivity index (χ0v) is 16.1. The summed E-state index contributed by atoms with van der Waals surface area (Å²) in [5.74, 6) is 1.37. The number of carbonyl (C=O) groups excluding carboxylic acids is 1. The summed E-state index contributed by atoms with van der Waals surface area (Å²) < 4.78 is 2.15. The van der Waals surface area contributed by atoms with Gasteiger partial charge in [0.25, 0.3) is 0 Å². The van der Waals surface area contributed by atoms with Crippen molar-refractivity contribution in [3.8, 4) is 0 Å². The van der Waals surface area contributed by atoms with E-state index in [4.69, 9.17) is 23.2 Å². The van der Waals surface area contributed by atoms with E-state index in [1.165, 1.54) is 18.2 Å². The summed E-state index contributed by atoms with van der Waals surface area (Å²) in [4.78, 5) is 12.1. The first-order chi connectivity index (χ1) is 12.1. The lowest BCUT2D eigenvalue weighted by atomic mass is 10.1. The number of thioether (sulfide) groups is 1. The first-order valence-electron chi connectivity index (χ1n) is 8.39. The van der Waals surface area contributed by atoms with Crippen LogP contribution in [-0.2, 0) is 24.2 Å². The Morgan fingerprint density at radius 1 is 1.24 bits per heavy atom. The molecular formula is C17H20Cl2N4OS. The second-order valence-corrected chi connectivity index (χ2v) is 7.77. The SMILES string of the molecule is O=C(CSc1nnc2n1CCCCC2)NCCc1ccc(Cl)cc1Cl. The van der Waals surface area contributed by atoms with Gasteiger partial charge in [-0.05, 0) is 37.0 Å². The molecule has 0 aliphatic carbocycles. The van der Waals surface area contributed by atoms with E-state index < -0.39 is 0 Å². The van der Waals surface area contributed by atoms with Crippen molar-refractivity contribution < 1.29 is 4.79 Å². The molecule has 8 heteroatoms. The van der Waals surface area contributed by atoms with Crippen LogP contribution in [0.2, 0.25) is 10.0 Å². The van der Waals surface area contributed by atoms with Crippen LogP contribution in [0.5, 0.6) is 0 Å². The third kappa shape index (κ3) is 5.12. The maximum absolute atomic E-state index is 12.1. The molecule has 3 rings (SSSR count). The highest BCUT2D eigenvalue weighted by Gasteiger charge is 2.16. The van der Waals surface area contributed by atoms with E-state index >= 15 is 0 Å². The molecule has 0 saturated heterocycles. The number of hydrogen-bond donors (Lipinski definition) is 1. The van der Waals surface area contributed by atoms with Gasteiger partial charge in [-0.1, -0.05) is 47.5 Å². The zero-order chi connectivity index (χ0) is 17.6. The minimum absolute atomic E-state index is 0.0129. The highest BCUT2D eigenvalue weighted by atomic mass is 35.5. The van der Waals surface area contributed by atoms with Gasteiger partial charge in [0.2, 0.25) is 5.91 Å². The number of benzene rings is 1. The Bertz CT molecular complexity index is 750. The summed E-state index contributed by atoms with van der Waals surface area (Å²) in [5, 5.41) is 13.5. The lowest BCUT2D eigenvalue weighted by Crippen LogP contribution is -2.27. The summed E-state index contributed by atoms with van der Waals surface area (Å²) in [5.41, 5.74) is 0.974. The number of nitrogens with zero attached hydrogens (tertiary/aromatic N) is 3. The van der Waals surface area contributed by atoms with Gasteiger partial charge in [-0.25, -0.2) is 0 Å². The predicted molar refractivity (Wildman–Crippen MR) is 101 cm³/mol. The molecule has 0 spiro atoms. The van der Waals surface area contributed by atoms with Gasteiger partial charge in [-0.15, -0.1) is 10.2 Å². The second kappa shape index (κ2) is 8.92. The molecule has 1 aromatic heterocycles. The van der Waals surface area contributed by atoms with Crippen molar-refractivity contribution in [1.29, 1.82) is 0 Å². The van der Waals surface area contributed by atoms with Crippen LogP contribution in [0.15, 0.2) is 23.4 Å². The Morgan fingerprint density at radius 3 is 2.96 bits per heavy atom. The minimum atomic E-state index is -0.0129. The Kier molecular flexibility index (Phi) is 6.62. The van der Waals surface area contributed by atoms with Gasteiger partial charge < -0.3 is 9.88 Å². The van der Waals surface area contributed by atoms with Gasteiger partial charge in [0, 0.05) is 29.6 Å². The Morgan fingerprint density at radius 2 is 2.12 bits per heavy atom. The van der Waals surface area contributed by atoms with Crippen LogP contribution >= 0.6 is 35.0 Å². The molecule has 2 aromatic rings. The van der Waals surface area contributed by atoms with Gasteiger partial charge in [0.05, 0.1) is 5.75 Å². The van der Waals surface area contributed by atoms with E-state index in [1.54, 1.807) is 12.1 Å². The maximum Gasteiger partial charge on any atom is 0.230 e. The second-order valence-electron chi connectivity index (χ2n) is 5.99. The third-order valence-corrected chi connectivity index (χ3v) is 5.69. The lowest BCUT2D eigenvalue weighted by molar-refractivity contribution is -0.118. The number of carbonyl (C=O) groups is 1. The van der Waals surface area contributed by atoms with Crippen molar-refractivity contribution in [1.82, 2.24) is 20.1 Å². The van der Waals surface area contributed by atoms with Gasteiger partial charge in [-0.3, -0.25) is 4.79 Å². The van der Waals surface area contributed by atoms with E-state index in [9.17, 15) is 4.79 Å². The summed E-state index contributed by atoms with van der Waals surface area (Å²) >= 11 is 13.5. The minimum Gasteiger partial charge on any atom is -0.355 e. The lowest BCUT2D eigenvalue weighted by Gasteiger charge is -2.08. The molecule has 0 saturated carbocycles. The Balaban J connectivity index is 1.45. The first kappa shape index (κ1) is 18.5. The number of fused-ring (bicyclic) bond motifs is 1. The third-order valence-electron chi connectivity index (χ3n) is 4.14.